The van der Waals surface area contributed by atoms with Crippen LogP contribution in [0.25, 0.3) is 0 Å². The first-order valence-corrected chi connectivity index (χ1v) is 8.66. The molecule has 1 amide bonds. The first-order chi connectivity index (χ1) is 12.5. The molecule has 3 aromatic rings. The van der Waals surface area contributed by atoms with E-state index in [1.54, 1.807) is 12.1 Å². The van der Waals surface area contributed by atoms with E-state index in [1.807, 2.05) is 68.4 Å². The average molecular weight is 360 g/mol. The Balaban J connectivity index is 1.75. The van der Waals surface area contributed by atoms with Crippen molar-refractivity contribution in [3.8, 4) is 11.8 Å². The first kappa shape index (κ1) is 17.8. The highest BCUT2D eigenvalue weighted by Crippen LogP contribution is 2.27. The minimum absolute atomic E-state index is 0.193. The fraction of sp³-hybridized carbons (Fsp3) is 0.0870. The largest absolute Gasteiger partial charge is 0.320 e. The zero-order chi connectivity index (χ0) is 18.5. The van der Waals surface area contributed by atoms with Crippen LogP contribution in [0.3, 0.4) is 0 Å². The molecule has 0 aliphatic carbocycles. The van der Waals surface area contributed by atoms with Gasteiger partial charge in [-0.15, -0.1) is 0 Å². The Bertz CT molecular complexity index is 973. The van der Waals surface area contributed by atoms with Crippen LogP contribution in [0.15, 0.2) is 66.7 Å². The van der Waals surface area contributed by atoms with E-state index in [1.165, 1.54) is 0 Å². The summed E-state index contributed by atoms with van der Waals surface area (Å²) in [5, 5.41) is 3.44. The molecule has 0 spiro atoms. The molecule has 0 saturated carbocycles. The Labute approximate surface area is 158 Å². The van der Waals surface area contributed by atoms with E-state index in [0.717, 1.165) is 22.3 Å². The van der Waals surface area contributed by atoms with Crippen molar-refractivity contribution in [2.75, 3.05) is 5.32 Å². The minimum atomic E-state index is -0.193. The van der Waals surface area contributed by atoms with Crippen LogP contribution in [0.5, 0.6) is 0 Å². The van der Waals surface area contributed by atoms with Gasteiger partial charge in [0.1, 0.15) is 0 Å². The van der Waals surface area contributed by atoms with Crippen molar-refractivity contribution in [3.05, 3.63) is 99.6 Å². The van der Waals surface area contributed by atoms with Crippen molar-refractivity contribution in [1.82, 2.24) is 0 Å². The molecule has 2 nitrogen and oxygen atoms in total. The van der Waals surface area contributed by atoms with Gasteiger partial charge in [0.25, 0.3) is 5.91 Å². The second-order valence-corrected chi connectivity index (χ2v) is 6.49. The molecule has 0 unspecified atom stereocenters. The van der Waals surface area contributed by atoms with Crippen molar-refractivity contribution in [1.29, 1.82) is 0 Å². The molecule has 26 heavy (non-hydrogen) atoms. The molecule has 0 aliphatic rings. The number of carbonyl (C=O) groups is 1. The number of benzene rings is 3. The van der Waals surface area contributed by atoms with Crippen molar-refractivity contribution in [2.45, 2.75) is 13.8 Å². The van der Waals surface area contributed by atoms with Gasteiger partial charge in [-0.1, -0.05) is 47.7 Å². The smallest absolute Gasteiger partial charge is 0.255 e. The average Bonchev–Trinajstić information content (AvgIpc) is 2.64. The van der Waals surface area contributed by atoms with Gasteiger partial charge in [-0.05, 0) is 67.4 Å². The lowest BCUT2D eigenvalue weighted by molar-refractivity contribution is 0.102. The van der Waals surface area contributed by atoms with Gasteiger partial charge in [0, 0.05) is 16.7 Å². The molecule has 3 heteroatoms. The summed E-state index contributed by atoms with van der Waals surface area (Å²) in [7, 11) is 0. The maximum absolute atomic E-state index is 12.5. The van der Waals surface area contributed by atoms with Gasteiger partial charge in [-0.25, -0.2) is 0 Å². The summed E-state index contributed by atoms with van der Waals surface area (Å²) in [6.07, 6.45) is 0. The molecule has 3 rings (SSSR count). The number of hydrogen-bond acceptors (Lipinski definition) is 1. The molecule has 128 valence electrons. The summed E-state index contributed by atoms with van der Waals surface area (Å²) < 4.78 is 0. The fourth-order valence-corrected chi connectivity index (χ4v) is 3.00. The van der Waals surface area contributed by atoms with E-state index in [9.17, 15) is 4.79 Å². The van der Waals surface area contributed by atoms with Crippen molar-refractivity contribution in [3.63, 3.8) is 0 Å². The highest BCUT2D eigenvalue weighted by atomic mass is 35.5. The molecule has 0 heterocycles. The predicted octanol–water partition coefficient (Wildman–Crippen LogP) is 5.61. The van der Waals surface area contributed by atoms with E-state index in [2.05, 4.69) is 17.2 Å². The van der Waals surface area contributed by atoms with Crippen LogP contribution in [0.1, 0.15) is 32.6 Å². The van der Waals surface area contributed by atoms with Crippen LogP contribution in [-0.2, 0) is 0 Å². The Kier molecular flexibility index (Phi) is 5.41. The third-order valence-electron chi connectivity index (χ3n) is 3.94. The van der Waals surface area contributed by atoms with Crippen molar-refractivity contribution < 1.29 is 4.79 Å². The Hall–Kier alpha value is -3.02. The second-order valence-electron chi connectivity index (χ2n) is 6.09. The number of halogens is 1. The number of rotatable bonds is 2. The standard InChI is InChI=1S/C23H18ClNO/c1-16-14-17(2)22(21(24)15-16)25-23(26)20-12-10-19(11-13-20)9-8-18-6-4-3-5-7-18/h3-7,10-15H,1-2H3,(H,25,26). The fourth-order valence-electron chi connectivity index (χ4n) is 2.63. The molecule has 1 N–H and O–H groups in total. The number of nitrogens with one attached hydrogen (secondary N) is 1. The Morgan fingerprint density at radius 2 is 1.50 bits per heavy atom. The number of aryl methyl sites for hydroxylation is 2. The molecule has 0 atom stereocenters. The molecule has 0 radical (unpaired) electrons. The second kappa shape index (κ2) is 7.91. The topological polar surface area (TPSA) is 29.1 Å². The highest BCUT2D eigenvalue weighted by Gasteiger charge is 2.11. The zero-order valence-corrected chi connectivity index (χ0v) is 15.4. The maximum Gasteiger partial charge on any atom is 0.255 e. The van der Waals surface area contributed by atoms with E-state index < -0.39 is 0 Å². The van der Waals surface area contributed by atoms with Crippen LogP contribution in [-0.4, -0.2) is 5.91 Å². The zero-order valence-electron chi connectivity index (χ0n) is 14.6. The van der Waals surface area contributed by atoms with E-state index in [0.29, 0.717) is 16.3 Å². The lowest BCUT2D eigenvalue weighted by atomic mass is 10.1. The summed E-state index contributed by atoms with van der Waals surface area (Å²) in [6.45, 7) is 3.90. The number of amides is 1. The molecular formula is C23H18ClNO. The number of carbonyl (C=O) groups excluding carboxylic acids is 1. The van der Waals surface area contributed by atoms with E-state index in [4.69, 9.17) is 11.6 Å². The van der Waals surface area contributed by atoms with Gasteiger partial charge in [-0.3, -0.25) is 4.79 Å². The van der Waals surface area contributed by atoms with Gasteiger partial charge >= 0.3 is 0 Å². The van der Waals surface area contributed by atoms with E-state index in [-0.39, 0.29) is 5.91 Å². The molecule has 0 saturated heterocycles. The van der Waals surface area contributed by atoms with Crippen molar-refractivity contribution in [2.24, 2.45) is 0 Å². The Morgan fingerprint density at radius 1 is 0.885 bits per heavy atom. The minimum Gasteiger partial charge on any atom is -0.320 e. The van der Waals surface area contributed by atoms with Gasteiger partial charge in [0.05, 0.1) is 10.7 Å². The number of anilines is 1. The Morgan fingerprint density at radius 3 is 2.12 bits per heavy atom. The van der Waals surface area contributed by atoms with E-state index >= 15 is 0 Å². The summed E-state index contributed by atoms with van der Waals surface area (Å²) in [4.78, 5) is 12.5. The van der Waals surface area contributed by atoms with Gasteiger partial charge in [0.15, 0.2) is 0 Å². The predicted molar refractivity (Wildman–Crippen MR) is 108 cm³/mol. The summed E-state index contributed by atoms with van der Waals surface area (Å²) in [5.41, 5.74) is 5.02. The summed E-state index contributed by atoms with van der Waals surface area (Å²) >= 11 is 6.26. The SMILES string of the molecule is Cc1cc(C)c(NC(=O)c2ccc(C#Cc3ccccc3)cc2)c(Cl)c1. The lowest BCUT2D eigenvalue weighted by Gasteiger charge is -2.11. The normalized spacial score (nSPS) is 9.96. The van der Waals surface area contributed by atoms with Gasteiger partial charge in [-0.2, -0.15) is 0 Å². The quantitative estimate of drug-likeness (QED) is 0.592. The highest BCUT2D eigenvalue weighted by molar-refractivity contribution is 6.34. The van der Waals surface area contributed by atoms with Gasteiger partial charge in [0.2, 0.25) is 0 Å². The van der Waals surface area contributed by atoms with Crippen LogP contribution in [0.4, 0.5) is 5.69 Å². The first-order valence-electron chi connectivity index (χ1n) is 8.28. The van der Waals surface area contributed by atoms with Crippen LogP contribution < -0.4 is 5.32 Å². The third-order valence-corrected chi connectivity index (χ3v) is 4.24. The summed E-state index contributed by atoms with van der Waals surface area (Å²) in [6, 6.07) is 20.8. The third kappa shape index (κ3) is 4.33. The molecular weight excluding hydrogens is 342 g/mol. The number of hydrogen-bond donors (Lipinski definition) is 1. The monoisotopic (exact) mass is 359 g/mol. The van der Waals surface area contributed by atoms with Crippen LogP contribution in [0, 0.1) is 25.7 Å². The maximum atomic E-state index is 12.5. The van der Waals surface area contributed by atoms with Gasteiger partial charge < -0.3 is 5.32 Å². The molecule has 0 fully saturated rings. The molecule has 0 bridgehead atoms. The molecule has 3 aromatic carbocycles. The molecule has 0 aromatic heterocycles. The molecule has 0 aliphatic heterocycles. The lowest BCUT2D eigenvalue weighted by Crippen LogP contribution is -2.13. The van der Waals surface area contributed by atoms with Crippen molar-refractivity contribution >= 4 is 23.2 Å². The van der Waals surface area contributed by atoms with Crippen LogP contribution in [0.2, 0.25) is 5.02 Å². The summed E-state index contributed by atoms with van der Waals surface area (Å²) in [5.74, 6) is 6.01. The van der Waals surface area contributed by atoms with Crippen LogP contribution >= 0.6 is 11.6 Å².